The number of benzene rings is 1. The van der Waals surface area contributed by atoms with E-state index in [1.807, 2.05) is 43.3 Å². The van der Waals surface area contributed by atoms with Crippen molar-refractivity contribution in [1.82, 2.24) is 4.98 Å². The highest BCUT2D eigenvalue weighted by molar-refractivity contribution is 5.96. The molecule has 1 amide bonds. The van der Waals surface area contributed by atoms with Gasteiger partial charge in [-0.05, 0) is 37.3 Å². The van der Waals surface area contributed by atoms with E-state index in [2.05, 4.69) is 15.6 Å². The summed E-state index contributed by atoms with van der Waals surface area (Å²) in [6, 6.07) is 11.5. The molecule has 0 saturated heterocycles. The molecule has 0 saturated carbocycles. The normalized spacial score (nSPS) is 14.8. The lowest BCUT2D eigenvalue weighted by Gasteiger charge is -2.20. The number of nitrogens with zero attached hydrogens (tertiary/aromatic N) is 1. The molecule has 1 aliphatic heterocycles. The molecule has 1 atom stereocenters. The van der Waals surface area contributed by atoms with Crippen LogP contribution in [0, 0.1) is 0 Å². The van der Waals surface area contributed by atoms with E-state index in [9.17, 15) is 4.79 Å². The van der Waals surface area contributed by atoms with Crippen molar-refractivity contribution < 1.29 is 9.53 Å². The van der Waals surface area contributed by atoms with Crippen molar-refractivity contribution in [2.75, 3.05) is 17.2 Å². The van der Waals surface area contributed by atoms with Gasteiger partial charge in [-0.25, -0.2) is 0 Å². The minimum absolute atomic E-state index is 0.0735. The topological polar surface area (TPSA) is 63.2 Å². The summed E-state index contributed by atoms with van der Waals surface area (Å²) in [5.74, 6) is 0.563. The molecule has 0 aliphatic carbocycles. The van der Waals surface area contributed by atoms with Crippen LogP contribution in [0.1, 0.15) is 18.7 Å². The smallest absolute Gasteiger partial charge is 0.262 e. The molecular formula is C15H15N3O2. The highest BCUT2D eigenvalue weighted by Crippen LogP contribution is 2.31. The van der Waals surface area contributed by atoms with E-state index in [1.165, 1.54) is 0 Å². The van der Waals surface area contributed by atoms with Crippen LogP contribution in [0.2, 0.25) is 0 Å². The zero-order valence-corrected chi connectivity index (χ0v) is 11.1. The summed E-state index contributed by atoms with van der Waals surface area (Å²) in [4.78, 5) is 15.6. The Morgan fingerprint density at radius 3 is 3.05 bits per heavy atom. The monoisotopic (exact) mass is 269 g/mol. The van der Waals surface area contributed by atoms with E-state index in [4.69, 9.17) is 4.74 Å². The lowest BCUT2D eigenvalue weighted by atomic mass is 10.2. The Morgan fingerprint density at radius 2 is 2.25 bits per heavy atom. The van der Waals surface area contributed by atoms with Crippen LogP contribution in [0.3, 0.4) is 0 Å². The van der Waals surface area contributed by atoms with Gasteiger partial charge < -0.3 is 15.4 Å². The summed E-state index contributed by atoms with van der Waals surface area (Å²) < 4.78 is 5.33. The van der Waals surface area contributed by atoms with Crippen LogP contribution in [0.5, 0.6) is 5.75 Å². The molecule has 102 valence electrons. The summed E-state index contributed by atoms with van der Waals surface area (Å²) in [5.41, 5.74) is 2.57. The van der Waals surface area contributed by atoms with Crippen molar-refractivity contribution in [2.24, 2.45) is 0 Å². The van der Waals surface area contributed by atoms with Gasteiger partial charge in [0.15, 0.2) is 6.61 Å². The fraction of sp³-hybridized carbons (Fsp3) is 0.200. The van der Waals surface area contributed by atoms with Gasteiger partial charge in [-0.3, -0.25) is 9.78 Å². The maximum Gasteiger partial charge on any atom is 0.262 e. The lowest BCUT2D eigenvalue weighted by Crippen LogP contribution is -2.25. The fourth-order valence-corrected chi connectivity index (χ4v) is 2.13. The first-order valence-corrected chi connectivity index (χ1v) is 6.46. The van der Waals surface area contributed by atoms with Gasteiger partial charge in [-0.1, -0.05) is 6.07 Å². The first kappa shape index (κ1) is 12.5. The Labute approximate surface area is 117 Å². The highest BCUT2D eigenvalue weighted by Gasteiger charge is 2.16. The molecule has 3 rings (SSSR count). The largest absolute Gasteiger partial charge is 0.482 e. The molecule has 2 heterocycles. The van der Waals surface area contributed by atoms with Crippen molar-refractivity contribution >= 4 is 17.3 Å². The van der Waals surface area contributed by atoms with Gasteiger partial charge in [0, 0.05) is 11.9 Å². The molecule has 0 bridgehead atoms. The van der Waals surface area contributed by atoms with Gasteiger partial charge in [0.1, 0.15) is 5.75 Å². The molecule has 1 aromatic carbocycles. The molecule has 20 heavy (non-hydrogen) atoms. The predicted octanol–water partition coefficient (Wildman–Crippen LogP) is 2.59. The second-order valence-electron chi connectivity index (χ2n) is 4.67. The van der Waals surface area contributed by atoms with Gasteiger partial charge in [0.05, 0.1) is 17.4 Å². The van der Waals surface area contributed by atoms with Crippen molar-refractivity contribution in [3.8, 4) is 5.75 Å². The number of carbonyl (C=O) groups is 1. The van der Waals surface area contributed by atoms with Crippen molar-refractivity contribution in [2.45, 2.75) is 13.0 Å². The Bertz CT molecular complexity index is 628. The Hall–Kier alpha value is -2.56. The first-order chi connectivity index (χ1) is 9.72. The molecule has 5 heteroatoms. The van der Waals surface area contributed by atoms with Crippen molar-refractivity contribution in [3.63, 3.8) is 0 Å². The summed E-state index contributed by atoms with van der Waals surface area (Å²) in [5, 5.41) is 6.15. The van der Waals surface area contributed by atoms with E-state index < -0.39 is 0 Å². The number of ether oxygens (including phenoxy) is 1. The minimum Gasteiger partial charge on any atom is -0.482 e. The van der Waals surface area contributed by atoms with E-state index in [1.54, 1.807) is 6.20 Å². The zero-order valence-electron chi connectivity index (χ0n) is 11.1. The number of fused-ring (bicyclic) bond motifs is 1. The third-order valence-corrected chi connectivity index (χ3v) is 3.13. The molecule has 0 fully saturated rings. The minimum atomic E-state index is -0.132. The van der Waals surface area contributed by atoms with Gasteiger partial charge in [-0.2, -0.15) is 0 Å². The van der Waals surface area contributed by atoms with Gasteiger partial charge in [-0.15, -0.1) is 0 Å². The van der Waals surface area contributed by atoms with E-state index in [-0.39, 0.29) is 18.6 Å². The van der Waals surface area contributed by atoms with Crippen LogP contribution < -0.4 is 15.4 Å². The highest BCUT2D eigenvalue weighted by atomic mass is 16.5. The molecule has 2 N–H and O–H groups in total. The molecule has 0 spiro atoms. The fourth-order valence-electron chi connectivity index (χ4n) is 2.13. The van der Waals surface area contributed by atoms with E-state index >= 15 is 0 Å². The number of amides is 1. The number of aromatic nitrogens is 1. The number of anilines is 2. The van der Waals surface area contributed by atoms with E-state index in [0.717, 1.165) is 11.4 Å². The summed E-state index contributed by atoms with van der Waals surface area (Å²) in [6.45, 7) is 2.11. The zero-order chi connectivity index (χ0) is 13.9. The Kier molecular flexibility index (Phi) is 3.25. The molecule has 1 aliphatic rings. The molecule has 1 aromatic heterocycles. The van der Waals surface area contributed by atoms with Gasteiger partial charge in [0.25, 0.3) is 5.91 Å². The standard InChI is InChI=1S/C15H15N3O2/c1-10(12-4-2-3-7-16-12)17-11-5-6-14-13(8-11)18-15(19)9-20-14/h2-8,10,17H,9H2,1H3,(H,18,19). The van der Waals surface area contributed by atoms with Crippen LogP contribution in [-0.4, -0.2) is 17.5 Å². The Balaban J connectivity index is 1.78. The van der Waals surface area contributed by atoms with Gasteiger partial charge in [0.2, 0.25) is 0 Å². The molecule has 0 radical (unpaired) electrons. The molecule has 1 unspecified atom stereocenters. The van der Waals surface area contributed by atoms with Crippen molar-refractivity contribution in [3.05, 3.63) is 48.3 Å². The average Bonchev–Trinajstić information content (AvgIpc) is 2.47. The molecule has 5 nitrogen and oxygen atoms in total. The number of nitrogens with one attached hydrogen (secondary N) is 2. The van der Waals surface area contributed by atoms with Crippen LogP contribution in [0.4, 0.5) is 11.4 Å². The second-order valence-corrected chi connectivity index (χ2v) is 4.67. The van der Waals surface area contributed by atoms with Crippen LogP contribution >= 0.6 is 0 Å². The molecule has 2 aromatic rings. The van der Waals surface area contributed by atoms with Crippen LogP contribution in [0.15, 0.2) is 42.6 Å². The summed E-state index contributed by atoms with van der Waals surface area (Å²) in [7, 11) is 0. The second kappa shape index (κ2) is 5.21. The SMILES string of the molecule is CC(Nc1ccc2c(c1)NC(=O)CO2)c1ccccn1. The average molecular weight is 269 g/mol. The molecular weight excluding hydrogens is 254 g/mol. The first-order valence-electron chi connectivity index (χ1n) is 6.46. The number of carbonyl (C=O) groups excluding carboxylic acids is 1. The predicted molar refractivity (Wildman–Crippen MR) is 76.8 cm³/mol. The van der Waals surface area contributed by atoms with Crippen molar-refractivity contribution in [1.29, 1.82) is 0 Å². The number of pyridine rings is 1. The maximum atomic E-state index is 11.3. The van der Waals surface area contributed by atoms with Crippen LogP contribution in [0.25, 0.3) is 0 Å². The number of hydrogen-bond acceptors (Lipinski definition) is 4. The lowest BCUT2D eigenvalue weighted by molar-refractivity contribution is -0.118. The number of rotatable bonds is 3. The third kappa shape index (κ3) is 2.56. The summed E-state index contributed by atoms with van der Waals surface area (Å²) in [6.07, 6.45) is 1.77. The van der Waals surface area contributed by atoms with Crippen LogP contribution in [-0.2, 0) is 4.79 Å². The van der Waals surface area contributed by atoms with E-state index in [0.29, 0.717) is 11.4 Å². The number of hydrogen-bond donors (Lipinski definition) is 2. The Morgan fingerprint density at radius 1 is 1.35 bits per heavy atom. The quantitative estimate of drug-likeness (QED) is 0.899. The third-order valence-electron chi connectivity index (χ3n) is 3.13. The maximum absolute atomic E-state index is 11.3. The van der Waals surface area contributed by atoms with Gasteiger partial charge >= 0.3 is 0 Å². The summed E-state index contributed by atoms with van der Waals surface area (Å²) >= 11 is 0.